The summed E-state index contributed by atoms with van der Waals surface area (Å²) in [6, 6.07) is 8.85. The van der Waals surface area contributed by atoms with E-state index in [1.54, 1.807) is 0 Å². The van der Waals surface area contributed by atoms with Crippen molar-refractivity contribution >= 4 is 11.8 Å². The van der Waals surface area contributed by atoms with Gasteiger partial charge >= 0.3 is 0 Å². The molecule has 108 valence electrons. The Morgan fingerprint density at radius 3 is 2.05 bits per heavy atom. The number of rotatable bonds is 9. The van der Waals surface area contributed by atoms with Gasteiger partial charge in [-0.25, -0.2) is 0 Å². The molecule has 0 heterocycles. The molecule has 0 aliphatic carbocycles. The summed E-state index contributed by atoms with van der Waals surface area (Å²) in [5.74, 6) is 1.62. The zero-order valence-electron chi connectivity index (χ0n) is 12.5. The van der Waals surface area contributed by atoms with E-state index < -0.39 is 0 Å². The Morgan fingerprint density at radius 2 is 1.58 bits per heavy atom. The fraction of sp³-hybridized carbons (Fsp3) is 0.625. The van der Waals surface area contributed by atoms with Crippen LogP contribution in [0.1, 0.15) is 45.6 Å². The average Bonchev–Trinajstić information content (AvgIpc) is 2.40. The van der Waals surface area contributed by atoms with E-state index in [1.165, 1.54) is 10.5 Å². The standard InChI is InChI=1S/C16H26O2S/c1-5-17-16(18-6-2)11-12-19-15-9-7-14(8-10-15)13(3)4/h7-10,13,16H,5-6,11-12H2,1-4H3. The Labute approximate surface area is 121 Å². The summed E-state index contributed by atoms with van der Waals surface area (Å²) < 4.78 is 11.1. The fourth-order valence-corrected chi connectivity index (χ4v) is 2.68. The van der Waals surface area contributed by atoms with E-state index in [0.29, 0.717) is 19.1 Å². The van der Waals surface area contributed by atoms with Crippen LogP contribution < -0.4 is 0 Å². The van der Waals surface area contributed by atoms with Crippen LogP contribution in [0.4, 0.5) is 0 Å². The second-order valence-corrected chi connectivity index (χ2v) is 5.87. The smallest absolute Gasteiger partial charge is 0.158 e. The number of hydrogen-bond donors (Lipinski definition) is 0. The molecule has 0 bridgehead atoms. The quantitative estimate of drug-likeness (QED) is 0.483. The molecule has 0 aliphatic heterocycles. The molecule has 0 N–H and O–H groups in total. The van der Waals surface area contributed by atoms with Gasteiger partial charge in [0.25, 0.3) is 0 Å². The minimum atomic E-state index is -0.0579. The molecule has 0 aliphatic rings. The lowest BCUT2D eigenvalue weighted by atomic mass is 10.0. The minimum Gasteiger partial charge on any atom is -0.353 e. The first kappa shape index (κ1) is 16.5. The molecule has 0 amide bonds. The van der Waals surface area contributed by atoms with E-state index in [-0.39, 0.29) is 6.29 Å². The van der Waals surface area contributed by atoms with Gasteiger partial charge in [-0.2, -0.15) is 0 Å². The summed E-state index contributed by atoms with van der Waals surface area (Å²) in [6.07, 6.45) is 0.871. The SMILES string of the molecule is CCOC(CCSc1ccc(C(C)C)cc1)OCC. The van der Waals surface area contributed by atoms with Crippen LogP contribution >= 0.6 is 11.8 Å². The Hall–Kier alpha value is -0.510. The van der Waals surface area contributed by atoms with E-state index >= 15 is 0 Å². The van der Waals surface area contributed by atoms with Crippen LogP contribution in [0.5, 0.6) is 0 Å². The lowest BCUT2D eigenvalue weighted by Gasteiger charge is -2.16. The van der Waals surface area contributed by atoms with Crippen molar-refractivity contribution in [2.45, 2.75) is 51.2 Å². The average molecular weight is 282 g/mol. The maximum atomic E-state index is 5.54. The van der Waals surface area contributed by atoms with Gasteiger partial charge in [-0.05, 0) is 37.5 Å². The molecular formula is C16H26O2S. The summed E-state index contributed by atoms with van der Waals surface area (Å²) in [7, 11) is 0. The molecule has 1 aromatic rings. The predicted octanol–water partition coefficient (Wildman–Crippen LogP) is 4.69. The largest absolute Gasteiger partial charge is 0.353 e. The van der Waals surface area contributed by atoms with Gasteiger partial charge in [0, 0.05) is 30.3 Å². The first-order chi connectivity index (χ1) is 9.17. The summed E-state index contributed by atoms with van der Waals surface area (Å²) in [5.41, 5.74) is 1.39. The van der Waals surface area contributed by atoms with E-state index in [1.807, 2.05) is 25.6 Å². The Balaban J connectivity index is 2.35. The van der Waals surface area contributed by atoms with Crippen LogP contribution in [-0.2, 0) is 9.47 Å². The van der Waals surface area contributed by atoms with Gasteiger partial charge in [-0.15, -0.1) is 11.8 Å². The van der Waals surface area contributed by atoms with Crippen molar-refractivity contribution in [2.24, 2.45) is 0 Å². The monoisotopic (exact) mass is 282 g/mol. The van der Waals surface area contributed by atoms with Crippen molar-refractivity contribution < 1.29 is 9.47 Å². The number of benzene rings is 1. The molecule has 0 atom stereocenters. The molecule has 0 spiro atoms. The van der Waals surface area contributed by atoms with Crippen LogP contribution in [0.15, 0.2) is 29.2 Å². The topological polar surface area (TPSA) is 18.5 Å². The van der Waals surface area contributed by atoms with Crippen LogP contribution in [0.2, 0.25) is 0 Å². The lowest BCUT2D eigenvalue weighted by Crippen LogP contribution is -2.18. The first-order valence-corrected chi connectivity index (χ1v) is 8.11. The molecule has 3 heteroatoms. The van der Waals surface area contributed by atoms with Gasteiger partial charge in [0.2, 0.25) is 0 Å². The van der Waals surface area contributed by atoms with Crippen molar-refractivity contribution in [3.8, 4) is 0 Å². The predicted molar refractivity (Wildman–Crippen MR) is 82.9 cm³/mol. The van der Waals surface area contributed by atoms with Gasteiger partial charge in [-0.1, -0.05) is 26.0 Å². The molecule has 0 radical (unpaired) electrons. The second-order valence-electron chi connectivity index (χ2n) is 4.70. The highest BCUT2D eigenvalue weighted by molar-refractivity contribution is 7.99. The molecule has 1 aromatic carbocycles. The lowest BCUT2D eigenvalue weighted by molar-refractivity contribution is -0.136. The summed E-state index contributed by atoms with van der Waals surface area (Å²) >= 11 is 1.86. The van der Waals surface area contributed by atoms with Gasteiger partial charge in [0.1, 0.15) is 0 Å². The van der Waals surface area contributed by atoms with E-state index in [9.17, 15) is 0 Å². The van der Waals surface area contributed by atoms with Crippen molar-refractivity contribution in [2.75, 3.05) is 19.0 Å². The third-order valence-corrected chi connectivity index (χ3v) is 3.92. The van der Waals surface area contributed by atoms with Crippen LogP contribution in [-0.4, -0.2) is 25.3 Å². The Morgan fingerprint density at radius 1 is 1.00 bits per heavy atom. The molecule has 0 aromatic heterocycles. The first-order valence-electron chi connectivity index (χ1n) is 7.13. The Bertz CT molecular complexity index is 329. The fourth-order valence-electron chi connectivity index (χ4n) is 1.81. The molecule has 0 unspecified atom stereocenters. The van der Waals surface area contributed by atoms with Crippen molar-refractivity contribution in [1.82, 2.24) is 0 Å². The van der Waals surface area contributed by atoms with Crippen molar-refractivity contribution in [3.63, 3.8) is 0 Å². The van der Waals surface area contributed by atoms with Crippen molar-refractivity contribution in [1.29, 1.82) is 0 Å². The number of hydrogen-bond acceptors (Lipinski definition) is 3. The molecule has 2 nitrogen and oxygen atoms in total. The van der Waals surface area contributed by atoms with Gasteiger partial charge in [0.15, 0.2) is 6.29 Å². The maximum Gasteiger partial charge on any atom is 0.158 e. The Kier molecular flexibility index (Phi) is 8.19. The number of thioether (sulfide) groups is 1. The highest BCUT2D eigenvalue weighted by Crippen LogP contribution is 2.23. The van der Waals surface area contributed by atoms with E-state index in [4.69, 9.17) is 9.47 Å². The molecule has 19 heavy (non-hydrogen) atoms. The van der Waals surface area contributed by atoms with Crippen LogP contribution in [0, 0.1) is 0 Å². The molecule has 0 saturated carbocycles. The van der Waals surface area contributed by atoms with Crippen molar-refractivity contribution in [3.05, 3.63) is 29.8 Å². The third-order valence-electron chi connectivity index (χ3n) is 2.87. The normalized spacial score (nSPS) is 11.5. The van der Waals surface area contributed by atoms with Crippen LogP contribution in [0.3, 0.4) is 0 Å². The molecule has 0 fully saturated rings. The highest BCUT2D eigenvalue weighted by atomic mass is 32.2. The van der Waals surface area contributed by atoms with Gasteiger partial charge in [-0.3, -0.25) is 0 Å². The highest BCUT2D eigenvalue weighted by Gasteiger charge is 2.07. The third kappa shape index (κ3) is 6.46. The maximum absolute atomic E-state index is 5.54. The molecule has 1 rings (SSSR count). The van der Waals surface area contributed by atoms with Crippen LogP contribution in [0.25, 0.3) is 0 Å². The second kappa shape index (κ2) is 9.40. The zero-order valence-corrected chi connectivity index (χ0v) is 13.3. The minimum absolute atomic E-state index is 0.0579. The van der Waals surface area contributed by atoms with E-state index in [0.717, 1.165) is 12.2 Å². The van der Waals surface area contributed by atoms with Gasteiger partial charge < -0.3 is 9.47 Å². The number of ether oxygens (including phenoxy) is 2. The van der Waals surface area contributed by atoms with Gasteiger partial charge in [0.05, 0.1) is 0 Å². The summed E-state index contributed by atoms with van der Waals surface area (Å²) in [4.78, 5) is 1.32. The molecule has 0 saturated heterocycles. The summed E-state index contributed by atoms with van der Waals surface area (Å²) in [5, 5.41) is 0. The molecular weight excluding hydrogens is 256 g/mol. The van der Waals surface area contributed by atoms with E-state index in [2.05, 4.69) is 38.1 Å². The summed E-state index contributed by atoms with van der Waals surface area (Å²) in [6.45, 7) is 9.86. The zero-order chi connectivity index (χ0) is 14.1.